The van der Waals surface area contributed by atoms with E-state index in [0.29, 0.717) is 0 Å². The van der Waals surface area contributed by atoms with E-state index in [1.807, 2.05) is 72.8 Å². The van der Waals surface area contributed by atoms with Gasteiger partial charge in [-0.2, -0.15) is 0 Å². The van der Waals surface area contributed by atoms with E-state index in [2.05, 4.69) is 27.1 Å². The molecule has 26 heavy (non-hydrogen) atoms. The van der Waals surface area contributed by atoms with Crippen LogP contribution in [-0.4, -0.2) is 31.0 Å². The molecule has 0 spiro atoms. The molecule has 4 rings (SSSR count). The first-order valence-electron chi connectivity index (χ1n) is 7.93. The topological polar surface area (TPSA) is 38.7 Å². The van der Waals surface area contributed by atoms with Crippen molar-refractivity contribution in [1.82, 2.24) is 15.0 Å². The molecule has 0 aliphatic carbocycles. The van der Waals surface area contributed by atoms with Gasteiger partial charge in [-0.3, -0.25) is 0 Å². The Bertz CT molecular complexity index is 1020. The van der Waals surface area contributed by atoms with Crippen LogP contribution in [0.3, 0.4) is 0 Å². The van der Waals surface area contributed by atoms with E-state index in [-0.39, 0.29) is 16.5 Å². The Labute approximate surface area is 170 Å². The van der Waals surface area contributed by atoms with Crippen molar-refractivity contribution in [2.24, 2.45) is 0 Å². The van der Waals surface area contributed by atoms with Gasteiger partial charge in [0.1, 0.15) is 0 Å². The van der Waals surface area contributed by atoms with Gasteiger partial charge in [-0.05, 0) is 0 Å². The SMILES string of the molecule is [Ni].[Se]c1ccccc1-c1cccc(-c2cccc(-c3ccccn3)n2)n1. The number of pyridine rings is 3. The molecule has 0 saturated heterocycles. The molecule has 0 atom stereocenters. The average molecular weight is 446 g/mol. The summed E-state index contributed by atoms with van der Waals surface area (Å²) in [5.74, 6) is 0. The molecule has 1 aromatic carbocycles. The van der Waals surface area contributed by atoms with E-state index in [1.54, 1.807) is 6.20 Å². The Morgan fingerprint density at radius 3 is 1.73 bits per heavy atom. The summed E-state index contributed by atoms with van der Waals surface area (Å²) < 4.78 is 1.09. The van der Waals surface area contributed by atoms with Gasteiger partial charge < -0.3 is 0 Å². The molecule has 0 amide bonds. The van der Waals surface area contributed by atoms with E-state index >= 15 is 0 Å². The standard InChI is InChI=1S/C21H14N3Se.Ni/c25-21-13-2-1-7-15(21)16-9-5-11-19(23-16)20-12-6-10-18(24-20)17-8-3-4-14-22-17;/h1-14H;. The van der Waals surface area contributed by atoms with Crippen LogP contribution in [0.2, 0.25) is 0 Å². The molecule has 3 nitrogen and oxygen atoms in total. The van der Waals surface area contributed by atoms with Gasteiger partial charge in [0, 0.05) is 16.5 Å². The van der Waals surface area contributed by atoms with E-state index < -0.39 is 0 Å². The monoisotopic (exact) mass is 446 g/mol. The maximum absolute atomic E-state index is 4.81. The van der Waals surface area contributed by atoms with Gasteiger partial charge >= 0.3 is 155 Å². The maximum atomic E-state index is 4.81. The first-order chi connectivity index (χ1) is 12.3. The van der Waals surface area contributed by atoms with Crippen molar-refractivity contribution in [1.29, 1.82) is 0 Å². The molecule has 3 aromatic heterocycles. The molecule has 0 aliphatic heterocycles. The molecule has 3 heterocycles. The van der Waals surface area contributed by atoms with Gasteiger partial charge in [-0.1, -0.05) is 0 Å². The molecule has 0 N–H and O–H groups in total. The van der Waals surface area contributed by atoms with Gasteiger partial charge in [0.25, 0.3) is 0 Å². The fraction of sp³-hybridized carbons (Fsp3) is 0. The normalized spacial score (nSPS) is 10.2. The summed E-state index contributed by atoms with van der Waals surface area (Å²) >= 11 is 3.10. The molecule has 0 fully saturated rings. The Morgan fingerprint density at radius 1 is 0.538 bits per heavy atom. The first-order valence-corrected chi connectivity index (χ1v) is 8.79. The van der Waals surface area contributed by atoms with Crippen LogP contribution < -0.4 is 4.46 Å². The average Bonchev–Trinajstić information content (AvgIpc) is 2.69. The minimum absolute atomic E-state index is 0. The van der Waals surface area contributed by atoms with Crippen LogP contribution in [-0.2, 0) is 16.5 Å². The van der Waals surface area contributed by atoms with Gasteiger partial charge in [0.05, 0.1) is 0 Å². The number of nitrogens with zero attached hydrogens (tertiary/aromatic N) is 3. The van der Waals surface area contributed by atoms with E-state index in [4.69, 9.17) is 9.97 Å². The molecule has 129 valence electrons. The van der Waals surface area contributed by atoms with Gasteiger partial charge in [-0.15, -0.1) is 0 Å². The summed E-state index contributed by atoms with van der Waals surface area (Å²) in [6.45, 7) is 0. The first kappa shape index (κ1) is 18.5. The van der Waals surface area contributed by atoms with Crippen molar-refractivity contribution in [3.63, 3.8) is 0 Å². The third kappa shape index (κ3) is 3.91. The summed E-state index contributed by atoms with van der Waals surface area (Å²) in [6, 6.07) is 25.9. The van der Waals surface area contributed by atoms with Crippen molar-refractivity contribution in [2.45, 2.75) is 0 Å². The Kier molecular flexibility index (Phi) is 5.95. The zero-order valence-corrected chi connectivity index (χ0v) is 16.3. The third-order valence-corrected chi connectivity index (χ3v) is 4.60. The van der Waals surface area contributed by atoms with E-state index in [1.165, 1.54) is 0 Å². The Balaban J connectivity index is 0.00000196. The zero-order valence-electron chi connectivity index (χ0n) is 13.6. The van der Waals surface area contributed by atoms with E-state index in [9.17, 15) is 0 Å². The van der Waals surface area contributed by atoms with Crippen molar-refractivity contribution in [2.75, 3.05) is 0 Å². The van der Waals surface area contributed by atoms with Crippen LogP contribution in [0, 0.1) is 0 Å². The Morgan fingerprint density at radius 2 is 1.08 bits per heavy atom. The summed E-state index contributed by atoms with van der Waals surface area (Å²) in [5, 5.41) is 0. The number of hydrogen-bond acceptors (Lipinski definition) is 3. The van der Waals surface area contributed by atoms with Crippen molar-refractivity contribution in [3.8, 4) is 34.0 Å². The summed E-state index contributed by atoms with van der Waals surface area (Å²) in [7, 11) is 0. The molecule has 1 radical (unpaired) electrons. The van der Waals surface area contributed by atoms with Gasteiger partial charge in [0.15, 0.2) is 0 Å². The second kappa shape index (κ2) is 8.38. The van der Waals surface area contributed by atoms with Crippen LogP contribution >= 0.6 is 0 Å². The number of hydrogen-bond donors (Lipinski definition) is 0. The number of benzene rings is 1. The third-order valence-electron chi connectivity index (χ3n) is 3.85. The van der Waals surface area contributed by atoms with Gasteiger partial charge in [-0.25, -0.2) is 0 Å². The second-order valence-electron chi connectivity index (χ2n) is 5.53. The summed E-state index contributed by atoms with van der Waals surface area (Å²) in [4.78, 5) is 13.9. The predicted molar refractivity (Wildman–Crippen MR) is 102 cm³/mol. The van der Waals surface area contributed by atoms with Crippen LogP contribution in [0.15, 0.2) is 85.1 Å². The minimum atomic E-state index is 0. The van der Waals surface area contributed by atoms with Crippen LogP contribution in [0.5, 0.6) is 0 Å². The molecule has 0 bridgehead atoms. The van der Waals surface area contributed by atoms with Crippen molar-refractivity contribution in [3.05, 3.63) is 85.1 Å². The molecule has 0 unspecified atom stereocenters. The fourth-order valence-corrected chi connectivity index (χ4v) is 3.17. The molecular weight excluding hydrogens is 432 g/mol. The molecular formula is C21H14N3NiSe. The zero-order chi connectivity index (χ0) is 17.1. The number of aromatic nitrogens is 3. The molecule has 0 aliphatic rings. The second-order valence-corrected chi connectivity index (χ2v) is 6.45. The predicted octanol–water partition coefficient (Wildman–Crippen LogP) is 3.66. The Hall–Kier alpha value is -2.32. The molecule has 0 saturated carbocycles. The quantitative estimate of drug-likeness (QED) is 0.452. The van der Waals surface area contributed by atoms with Crippen LogP contribution in [0.25, 0.3) is 34.0 Å². The molecule has 4 aromatic rings. The number of rotatable bonds is 3. The van der Waals surface area contributed by atoms with E-state index in [0.717, 1.165) is 38.5 Å². The van der Waals surface area contributed by atoms with Crippen LogP contribution in [0.1, 0.15) is 0 Å². The van der Waals surface area contributed by atoms with Crippen molar-refractivity contribution < 1.29 is 16.5 Å². The summed E-state index contributed by atoms with van der Waals surface area (Å²) in [6.07, 6.45) is 1.78. The van der Waals surface area contributed by atoms with Crippen LogP contribution in [0.4, 0.5) is 0 Å². The van der Waals surface area contributed by atoms with Crippen molar-refractivity contribution >= 4 is 20.5 Å². The summed E-state index contributed by atoms with van der Waals surface area (Å²) in [5.41, 5.74) is 5.40. The fourth-order valence-electron chi connectivity index (χ4n) is 2.64. The molecule has 5 heteroatoms. The van der Waals surface area contributed by atoms with Gasteiger partial charge in [0.2, 0.25) is 0 Å².